The molecule has 1 fully saturated rings. The Morgan fingerprint density at radius 1 is 1.31 bits per heavy atom. The van der Waals surface area contributed by atoms with Crippen LogP contribution < -0.4 is 5.32 Å². The molecule has 1 aliphatic rings. The molecule has 26 heavy (non-hydrogen) atoms. The summed E-state index contributed by atoms with van der Waals surface area (Å²) >= 11 is 0. The van der Waals surface area contributed by atoms with E-state index in [1.165, 1.54) is 0 Å². The predicted molar refractivity (Wildman–Crippen MR) is 95.8 cm³/mol. The maximum atomic E-state index is 12.5. The maximum Gasteiger partial charge on any atom is 0.317 e. The van der Waals surface area contributed by atoms with E-state index in [9.17, 15) is 9.59 Å². The molecule has 1 amide bonds. The van der Waals surface area contributed by atoms with E-state index in [0.717, 1.165) is 18.4 Å². The Balaban J connectivity index is 1.58. The molecule has 1 aliphatic carbocycles. The number of rotatable bonds is 7. The molecule has 0 radical (unpaired) electrons. The lowest BCUT2D eigenvalue weighted by Gasteiger charge is -2.42. The fraction of sp³-hybridized carbons (Fsp3) is 0.421. The SMILES string of the molecule is CCN(CC(=O)O)C1CC(NC(=O)c2nc(-c3ccccc3)oc2C)C1. The molecule has 0 spiro atoms. The highest BCUT2D eigenvalue weighted by Gasteiger charge is 2.35. The number of aromatic nitrogens is 1. The molecular formula is C19H23N3O4. The van der Waals surface area contributed by atoms with Crippen LogP contribution in [-0.2, 0) is 4.79 Å². The zero-order valence-electron chi connectivity index (χ0n) is 14.9. The number of amides is 1. The van der Waals surface area contributed by atoms with Crippen LogP contribution in [0.4, 0.5) is 0 Å². The molecule has 2 N–H and O–H groups in total. The Bertz CT molecular complexity index is 781. The number of oxazole rings is 1. The van der Waals surface area contributed by atoms with Crippen molar-refractivity contribution in [2.75, 3.05) is 13.1 Å². The van der Waals surface area contributed by atoms with Gasteiger partial charge in [0.2, 0.25) is 5.89 Å². The van der Waals surface area contributed by atoms with Crippen LogP contribution in [0.1, 0.15) is 36.0 Å². The Labute approximate surface area is 152 Å². The lowest BCUT2D eigenvalue weighted by molar-refractivity contribution is -0.139. The van der Waals surface area contributed by atoms with Crippen molar-refractivity contribution < 1.29 is 19.1 Å². The molecule has 1 heterocycles. The number of likely N-dealkylation sites (N-methyl/N-ethyl adjacent to an activating group) is 1. The molecule has 0 saturated heterocycles. The molecule has 7 heteroatoms. The number of benzene rings is 1. The summed E-state index contributed by atoms with van der Waals surface area (Å²) in [6, 6.07) is 9.67. The second kappa shape index (κ2) is 7.70. The summed E-state index contributed by atoms with van der Waals surface area (Å²) in [4.78, 5) is 29.6. The molecule has 0 atom stereocenters. The Morgan fingerprint density at radius 3 is 2.62 bits per heavy atom. The van der Waals surface area contributed by atoms with Crippen molar-refractivity contribution in [1.82, 2.24) is 15.2 Å². The first-order chi connectivity index (χ1) is 12.5. The lowest BCUT2D eigenvalue weighted by atomic mass is 9.85. The van der Waals surface area contributed by atoms with Crippen molar-refractivity contribution in [1.29, 1.82) is 0 Å². The number of nitrogens with zero attached hydrogens (tertiary/aromatic N) is 2. The molecule has 0 aliphatic heterocycles. The smallest absolute Gasteiger partial charge is 0.317 e. The molecule has 7 nitrogen and oxygen atoms in total. The highest BCUT2D eigenvalue weighted by atomic mass is 16.4. The molecule has 1 aromatic carbocycles. The first kappa shape index (κ1) is 18.1. The fourth-order valence-electron chi connectivity index (χ4n) is 3.24. The zero-order chi connectivity index (χ0) is 18.7. The fourth-order valence-corrected chi connectivity index (χ4v) is 3.24. The van der Waals surface area contributed by atoms with Gasteiger partial charge in [-0.05, 0) is 38.4 Å². The highest BCUT2D eigenvalue weighted by Crippen LogP contribution is 2.27. The highest BCUT2D eigenvalue weighted by molar-refractivity contribution is 5.94. The minimum absolute atomic E-state index is 0.0324. The van der Waals surface area contributed by atoms with Gasteiger partial charge in [0, 0.05) is 17.6 Å². The van der Waals surface area contributed by atoms with Crippen LogP contribution in [0.3, 0.4) is 0 Å². The summed E-state index contributed by atoms with van der Waals surface area (Å²) in [5.74, 6) is -0.166. The van der Waals surface area contributed by atoms with Gasteiger partial charge in [-0.3, -0.25) is 14.5 Å². The Morgan fingerprint density at radius 2 is 2.00 bits per heavy atom. The number of carboxylic acid groups (broad SMARTS) is 1. The van der Waals surface area contributed by atoms with Crippen molar-refractivity contribution in [2.45, 2.75) is 38.8 Å². The lowest BCUT2D eigenvalue weighted by Crippen LogP contribution is -2.54. The van der Waals surface area contributed by atoms with Gasteiger partial charge in [-0.25, -0.2) is 4.98 Å². The third kappa shape index (κ3) is 3.94. The van der Waals surface area contributed by atoms with Crippen LogP contribution in [0, 0.1) is 6.92 Å². The summed E-state index contributed by atoms with van der Waals surface area (Å²) in [6.07, 6.45) is 1.49. The van der Waals surface area contributed by atoms with Gasteiger partial charge in [0.15, 0.2) is 5.69 Å². The van der Waals surface area contributed by atoms with E-state index in [0.29, 0.717) is 23.9 Å². The van der Waals surface area contributed by atoms with Gasteiger partial charge < -0.3 is 14.8 Å². The van der Waals surface area contributed by atoms with Crippen molar-refractivity contribution in [2.24, 2.45) is 0 Å². The normalized spacial score (nSPS) is 19.2. The summed E-state index contributed by atoms with van der Waals surface area (Å²) in [5, 5.41) is 11.9. The van der Waals surface area contributed by atoms with E-state index in [1.807, 2.05) is 42.2 Å². The van der Waals surface area contributed by atoms with E-state index >= 15 is 0 Å². The average molecular weight is 357 g/mol. The first-order valence-corrected chi connectivity index (χ1v) is 8.77. The van der Waals surface area contributed by atoms with Gasteiger partial charge in [-0.1, -0.05) is 25.1 Å². The van der Waals surface area contributed by atoms with Gasteiger partial charge in [0.25, 0.3) is 5.91 Å². The number of carbonyl (C=O) groups excluding carboxylic acids is 1. The Hall–Kier alpha value is -2.67. The van der Waals surface area contributed by atoms with Crippen molar-refractivity contribution in [3.8, 4) is 11.5 Å². The number of carbonyl (C=O) groups is 2. The van der Waals surface area contributed by atoms with Crippen LogP contribution in [-0.4, -0.2) is 52.0 Å². The van der Waals surface area contributed by atoms with Gasteiger partial charge in [0.1, 0.15) is 5.76 Å². The largest absolute Gasteiger partial charge is 0.480 e. The number of carboxylic acids is 1. The summed E-state index contributed by atoms with van der Waals surface area (Å²) in [5.41, 5.74) is 1.12. The summed E-state index contributed by atoms with van der Waals surface area (Å²) in [7, 11) is 0. The van der Waals surface area contributed by atoms with E-state index < -0.39 is 5.97 Å². The minimum atomic E-state index is -0.828. The van der Waals surface area contributed by atoms with Crippen LogP contribution >= 0.6 is 0 Å². The first-order valence-electron chi connectivity index (χ1n) is 8.77. The molecule has 138 valence electrons. The standard InChI is InChI=1S/C19H23N3O4/c1-3-22(11-16(23)24)15-9-14(10-15)20-18(25)17-12(2)26-19(21-17)13-7-5-4-6-8-13/h4-8,14-15H,3,9-11H2,1-2H3,(H,20,25)(H,23,24). The molecule has 3 rings (SSSR count). The van der Waals surface area contributed by atoms with Gasteiger partial charge >= 0.3 is 5.97 Å². The number of nitrogens with one attached hydrogen (secondary N) is 1. The molecular weight excluding hydrogens is 334 g/mol. The molecule has 2 aromatic rings. The second-order valence-corrected chi connectivity index (χ2v) is 6.54. The van der Waals surface area contributed by atoms with E-state index in [1.54, 1.807) is 6.92 Å². The van der Waals surface area contributed by atoms with E-state index in [-0.39, 0.29) is 24.5 Å². The Kier molecular flexibility index (Phi) is 5.37. The van der Waals surface area contributed by atoms with Crippen LogP contribution in [0.2, 0.25) is 0 Å². The zero-order valence-corrected chi connectivity index (χ0v) is 14.9. The van der Waals surface area contributed by atoms with Crippen LogP contribution in [0.5, 0.6) is 0 Å². The second-order valence-electron chi connectivity index (χ2n) is 6.54. The quantitative estimate of drug-likeness (QED) is 0.789. The number of aliphatic carboxylic acids is 1. The third-order valence-corrected chi connectivity index (χ3v) is 4.74. The molecule has 1 saturated carbocycles. The number of hydrogen-bond acceptors (Lipinski definition) is 5. The summed E-state index contributed by atoms with van der Waals surface area (Å²) in [6.45, 7) is 4.38. The van der Waals surface area contributed by atoms with Crippen molar-refractivity contribution in [3.63, 3.8) is 0 Å². The van der Waals surface area contributed by atoms with Gasteiger partial charge in [0.05, 0.1) is 6.54 Å². The molecule has 0 bridgehead atoms. The number of aryl methyl sites for hydroxylation is 1. The van der Waals surface area contributed by atoms with Crippen LogP contribution in [0.15, 0.2) is 34.7 Å². The minimum Gasteiger partial charge on any atom is -0.480 e. The average Bonchev–Trinajstić information content (AvgIpc) is 2.98. The molecule has 1 aromatic heterocycles. The third-order valence-electron chi connectivity index (χ3n) is 4.74. The molecule has 0 unspecified atom stereocenters. The van der Waals surface area contributed by atoms with Crippen molar-refractivity contribution >= 4 is 11.9 Å². The topological polar surface area (TPSA) is 95.7 Å². The maximum absolute atomic E-state index is 12.5. The monoisotopic (exact) mass is 357 g/mol. The van der Waals surface area contributed by atoms with Gasteiger partial charge in [-0.2, -0.15) is 0 Å². The predicted octanol–water partition coefficient (Wildman–Crippen LogP) is 2.32. The summed E-state index contributed by atoms with van der Waals surface area (Å²) < 4.78 is 5.63. The van der Waals surface area contributed by atoms with Crippen LogP contribution in [0.25, 0.3) is 11.5 Å². The van der Waals surface area contributed by atoms with Gasteiger partial charge in [-0.15, -0.1) is 0 Å². The van der Waals surface area contributed by atoms with Crippen molar-refractivity contribution in [3.05, 3.63) is 41.8 Å². The van der Waals surface area contributed by atoms with E-state index in [2.05, 4.69) is 10.3 Å². The number of hydrogen-bond donors (Lipinski definition) is 2. The van der Waals surface area contributed by atoms with E-state index in [4.69, 9.17) is 9.52 Å².